The summed E-state index contributed by atoms with van der Waals surface area (Å²) in [5.41, 5.74) is 0.671. The number of benzene rings is 1. The molecule has 1 N–H and O–H groups in total. The summed E-state index contributed by atoms with van der Waals surface area (Å²) in [7, 11) is -2.18. The summed E-state index contributed by atoms with van der Waals surface area (Å²) in [4.78, 5) is 23.5. The second-order valence-corrected chi connectivity index (χ2v) is 13.4. The van der Waals surface area contributed by atoms with Crippen LogP contribution in [0.5, 0.6) is 0 Å². The smallest absolute Gasteiger partial charge is 0.305 e. The van der Waals surface area contributed by atoms with Crippen molar-refractivity contribution in [2.24, 2.45) is 0 Å². The molecule has 26 heavy (non-hydrogen) atoms. The van der Waals surface area contributed by atoms with Gasteiger partial charge in [0.1, 0.15) is 0 Å². The standard InChI is InChI=1S/C19H26Cl2O4Si/c1-19(2,3)26(4,5)25-16(12-18(23)24)11-15(22)9-7-13-6-8-14(20)10-17(13)21/h6-10,16H,11-12H2,1-5H3,(H,23,24)/b9-7+/t16-/m1/s1. The molecule has 7 heteroatoms. The second kappa shape index (κ2) is 9.18. The summed E-state index contributed by atoms with van der Waals surface area (Å²) < 4.78 is 6.14. The maximum absolute atomic E-state index is 12.3. The molecule has 0 aliphatic rings. The third-order valence-electron chi connectivity index (χ3n) is 4.51. The van der Waals surface area contributed by atoms with Crippen molar-refractivity contribution in [2.75, 3.05) is 0 Å². The van der Waals surface area contributed by atoms with Gasteiger partial charge in [0.15, 0.2) is 14.1 Å². The number of allylic oxidation sites excluding steroid dienone is 1. The largest absolute Gasteiger partial charge is 0.481 e. The van der Waals surface area contributed by atoms with Crippen LogP contribution >= 0.6 is 23.2 Å². The van der Waals surface area contributed by atoms with Crippen LogP contribution in [0.3, 0.4) is 0 Å². The van der Waals surface area contributed by atoms with Crippen molar-refractivity contribution in [3.63, 3.8) is 0 Å². The molecule has 1 atom stereocenters. The summed E-state index contributed by atoms with van der Waals surface area (Å²) in [6, 6.07) is 5.00. The van der Waals surface area contributed by atoms with Gasteiger partial charge >= 0.3 is 5.97 Å². The van der Waals surface area contributed by atoms with E-state index >= 15 is 0 Å². The number of rotatable bonds is 8. The summed E-state index contributed by atoms with van der Waals surface area (Å²) in [6.45, 7) is 10.3. The van der Waals surface area contributed by atoms with Gasteiger partial charge in [-0.2, -0.15) is 0 Å². The zero-order chi connectivity index (χ0) is 20.1. The molecule has 144 valence electrons. The molecule has 0 aliphatic heterocycles. The van der Waals surface area contributed by atoms with E-state index in [2.05, 4.69) is 20.8 Å². The van der Waals surface area contributed by atoms with Gasteiger partial charge < -0.3 is 9.53 Å². The number of halogens is 2. The highest BCUT2D eigenvalue weighted by atomic mass is 35.5. The van der Waals surface area contributed by atoms with Crippen LogP contribution in [0.15, 0.2) is 24.3 Å². The van der Waals surface area contributed by atoms with Crippen molar-refractivity contribution in [1.29, 1.82) is 0 Å². The van der Waals surface area contributed by atoms with Crippen molar-refractivity contribution in [3.8, 4) is 0 Å². The number of hydrogen-bond acceptors (Lipinski definition) is 3. The molecule has 0 fully saturated rings. The Morgan fingerprint density at radius 1 is 1.23 bits per heavy atom. The van der Waals surface area contributed by atoms with Crippen LogP contribution < -0.4 is 0 Å². The first-order valence-electron chi connectivity index (χ1n) is 8.37. The lowest BCUT2D eigenvalue weighted by Gasteiger charge is -2.38. The average Bonchev–Trinajstić information content (AvgIpc) is 2.43. The third-order valence-corrected chi connectivity index (χ3v) is 9.61. The molecular weight excluding hydrogens is 391 g/mol. The fourth-order valence-electron chi connectivity index (χ4n) is 2.06. The van der Waals surface area contributed by atoms with Gasteiger partial charge in [0.2, 0.25) is 0 Å². The van der Waals surface area contributed by atoms with E-state index < -0.39 is 20.4 Å². The molecule has 0 saturated heterocycles. The monoisotopic (exact) mass is 416 g/mol. The summed E-state index contributed by atoms with van der Waals surface area (Å²) in [5.74, 6) is -1.19. The van der Waals surface area contributed by atoms with Gasteiger partial charge in [-0.3, -0.25) is 9.59 Å². The number of carboxylic acid groups (broad SMARTS) is 1. The summed E-state index contributed by atoms with van der Waals surface area (Å²) in [5, 5.41) is 10.0. The number of hydrogen-bond donors (Lipinski definition) is 1. The van der Waals surface area contributed by atoms with E-state index in [4.69, 9.17) is 32.7 Å². The predicted molar refractivity (Wildman–Crippen MR) is 109 cm³/mol. The van der Waals surface area contributed by atoms with Gasteiger partial charge in [-0.05, 0) is 48.0 Å². The molecule has 0 radical (unpaired) electrons. The normalized spacial score (nSPS) is 13.8. The minimum absolute atomic E-state index is 0.0144. The first kappa shape index (κ1) is 22.9. The number of carbonyl (C=O) groups excluding carboxylic acids is 1. The first-order chi connectivity index (χ1) is 11.8. The maximum atomic E-state index is 12.3. The van der Waals surface area contributed by atoms with Crippen LogP contribution in [0.2, 0.25) is 28.2 Å². The van der Waals surface area contributed by atoms with Crippen LogP contribution in [0.25, 0.3) is 6.08 Å². The van der Waals surface area contributed by atoms with E-state index in [0.717, 1.165) is 0 Å². The predicted octanol–water partition coefficient (Wildman–Crippen LogP) is 5.83. The molecule has 1 aromatic carbocycles. The lowest BCUT2D eigenvalue weighted by molar-refractivity contribution is -0.139. The highest BCUT2D eigenvalue weighted by molar-refractivity contribution is 6.74. The van der Waals surface area contributed by atoms with Gasteiger partial charge in [0.25, 0.3) is 0 Å². The van der Waals surface area contributed by atoms with Gasteiger partial charge in [0, 0.05) is 16.5 Å². The highest BCUT2D eigenvalue weighted by Gasteiger charge is 2.39. The minimum atomic E-state index is -2.18. The Kier molecular flexibility index (Phi) is 8.08. The molecule has 0 aliphatic carbocycles. The van der Waals surface area contributed by atoms with Crippen molar-refractivity contribution in [3.05, 3.63) is 39.9 Å². The van der Waals surface area contributed by atoms with Crippen LogP contribution in [-0.4, -0.2) is 31.3 Å². The Bertz CT molecular complexity index is 693. The van der Waals surface area contributed by atoms with Crippen molar-refractivity contribution in [1.82, 2.24) is 0 Å². The highest BCUT2D eigenvalue weighted by Crippen LogP contribution is 2.38. The van der Waals surface area contributed by atoms with E-state index in [9.17, 15) is 9.59 Å². The fourth-order valence-corrected chi connectivity index (χ4v) is 3.88. The van der Waals surface area contributed by atoms with E-state index in [1.807, 2.05) is 13.1 Å². The van der Waals surface area contributed by atoms with Crippen LogP contribution in [0.4, 0.5) is 0 Å². The zero-order valence-corrected chi connectivity index (χ0v) is 18.3. The molecule has 0 saturated carbocycles. The maximum Gasteiger partial charge on any atom is 0.305 e. The van der Waals surface area contributed by atoms with E-state index in [0.29, 0.717) is 15.6 Å². The summed E-state index contributed by atoms with van der Waals surface area (Å²) in [6.07, 6.45) is 2.17. The Balaban J connectivity index is 2.85. The van der Waals surface area contributed by atoms with E-state index in [1.165, 1.54) is 6.08 Å². The molecule has 0 bridgehead atoms. The topological polar surface area (TPSA) is 63.6 Å². The second-order valence-electron chi connectivity index (χ2n) is 7.77. The molecule has 1 rings (SSSR count). The van der Waals surface area contributed by atoms with Gasteiger partial charge in [0.05, 0.1) is 12.5 Å². The SMILES string of the molecule is CC(C)(C)[Si](C)(C)O[C@@H](CC(=O)O)CC(=O)/C=C/c1ccc(Cl)cc1Cl. The van der Waals surface area contributed by atoms with Crippen LogP contribution in [0.1, 0.15) is 39.2 Å². The quantitative estimate of drug-likeness (QED) is 0.427. The van der Waals surface area contributed by atoms with Crippen LogP contribution in [-0.2, 0) is 14.0 Å². The average molecular weight is 417 g/mol. The number of aliphatic carboxylic acids is 1. The van der Waals surface area contributed by atoms with Gasteiger partial charge in [-0.1, -0.05) is 50.0 Å². The number of carboxylic acids is 1. The fraction of sp³-hybridized carbons (Fsp3) is 0.474. The van der Waals surface area contributed by atoms with Crippen molar-refractivity contribution < 1.29 is 19.1 Å². The Morgan fingerprint density at radius 3 is 2.35 bits per heavy atom. The van der Waals surface area contributed by atoms with E-state index in [1.54, 1.807) is 24.3 Å². The Morgan fingerprint density at radius 2 is 1.85 bits per heavy atom. The van der Waals surface area contributed by atoms with Gasteiger partial charge in [-0.25, -0.2) is 0 Å². The van der Waals surface area contributed by atoms with Gasteiger partial charge in [-0.15, -0.1) is 0 Å². The molecule has 0 aromatic heterocycles. The molecule has 1 aromatic rings. The van der Waals surface area contributed by atoms with Crippen molar-refractivity contribution >= 4 is 49.3 Å². The summed E-state index contributed by atoms with van der Waals surface area (Å²) >= 11 is 11.9. The Labute approximate surface area is 166 Å². The zero-order valence-electron chi connectivity index (χ0n) is 15.8. The molecule has 0 unspecified atom stereocenters. The number of ketones is 1. The molecular formula is C19H26Cl2O4Si. The first-order valence-corrected chi connectivity index (χ1v) is 12.0. The molecule has 0 heterocycles. The lowest BCUT2D eigenvalue weighted by Crippen LogP contribution is -2.44. The van der Waals surface area contributed by atoms with E-state index in [-0.39, 0.29) is 23.7 Å². The van der Waals surface area contributed by atoms with Crippen LogP contribution in [0, 0.1) is 0 Å². The Hall–Kier alpha value is -1.14. The molecule has 4 nitrogen and oxygen atoms in total. The van der Waals surface area contributed by atoms with Crippen molar-refractivity contribution in [2.45, 2.75) is 57.8 Å². The lowest BCUT2D eigenvalue weighted by atomic mass is 10.1. The third kappa shape index (κ3) is 7.23. The number of carbonyl (C=O) groups is 2. The molecule has 0 amide bonds. The molecule has 0 spiro atoms. The minimum Gasteiger partial charge on any atom is -0.481 e.